The first-order valence-corrected chi connectivity index (χ1v) is 12.8. The molecule has 0 saturated carbocycles. The van der Waals surface area contributed by atoms with Crippen molar-refractivity contribution in [2.75, 3.05) is 37.0 Å². The van der Waals surface area contributed by atoms with Crippen molar-refractivity contribution in [3.63, 3.8) is 0 Å². The molecule has 0 aromatic heterocycles. The van der Waals surface area contributed by atoms with Gasteiger partial charge in [-0.25, -0.2) is 9.10 Å². The number of hydrogen-bond acceptors (Lipinski definition) is 7. The molecule has 2 N–H and O–H groups in total. The fourth-order valence-electron chi connectivity index (χ4n) is 4.04. The Morgan fingerprint density at radius 3 is 2.33 bits per heavy atom. The van der Waals surface area contributed by atoms with Gasteiger partial charge in [-0.15, -0.1) is 0 Å². The van der Waals surface area contributed by atoms with Gasteiger partial charge < -0.3 is 14.4 Å². The monoisotopic (exact) mass is 475 g/mol. The number of benzene rings is 2. The average molecular weight is 476 g/mol. The Hall–Kier alpha value is -2.46. The van der Waals surface area contributed by atoms with Gasteiger partial charge in [0, 0.05) is 39.1 Å². The second-order valence-electron chi connectivity index (χ2n) is 9.30. The molecule has 1 atom stereocenters. The van der Waals surface area contributed by atoms with Crippen LogP contribution in [-0.2, 0) is 4.74 Å². The van der Waals surface area contributed by atoms with Crippen LogP contribution in [0.5, 0.6) is 5.75 Å². The van der Waals surface area contributed by atoms with Crippen molar-refractivity contribution in [2.24, 2.45) is 0 Å². The molecule has 0 bridgehead atoms. The summed E-state index contributed by atoms with van der Waals surface area (Å²) in [6, 6.07) is 16.8. The van der Waals surface area contributed by atoms with Gasteiger partial charge >= 0.3 is 6.09 Å². The quantitative estimate of drug-likeness (QED) is 0.632. The minimum Gasteiger partial charge on any atom is -0.466 e. The third-order valence-electron chi connectivity index (χ3n) is 5.66. The Labute approximate surface area is 197 Å². The van der Waals surface area contributed by atoms with E-state index in [0.29, 0.717) is 56.3 Å². The highest BCUT2D eigenvalue weighted by Gasteiger charge is 2.41. The fourth-order valence-corrected chi connectivity index (χ4v) is 5.80. The number of para-hydroxylation sites is 3. The van der Waals surface area contributed by atoms with Crippen molar-refractivity contribution in [1.29, 1.82) is 0 Å². The van der Waals surface area contributed by atoms with Gasteiger partial charge in [-0.3, -0.25) is 14.0 Å². The second-order valence-corrected chi connectivity index (χ2v) is 11.3. The molecule has 2 aromatic carbocycles. The van der Waals surface area contributed by atoms with Gasteiger partial charge in [-0.1, -0.05) is 41.1 Å². The zero-order valence-electron chi connectivity index (χ0n) is 19.4. The summed E-state index contributed by atoms with van der Waals surface area (Å²) in [5.74, 6) is 0.632. The van der Waals surface area contributed by atoms with Crippen LogP contribution < -0.4 is 9.04 Å². The van der Waals surface area contributed by atoms with Gasteiger partial charge in [0.1, 0.15) is 17.0 Å². The van der Waals surface area contributed by atoms with E-state index >= 15 is 0 Å². The van der Waals surface area contributed by atoms with Crippen LogP contribution in [0.4, 0.5) is 16.2 Å². The van der Waals surface area contributed by atoms with Gasteiger partial charge in [0.25, 0.3) is 0 Å². The van der Waals surface area contributed by atoms with Crippen molar-refractivity contribution >= 4 is 28.2 Å². The summed E-state index contributed by atoms with van der Waals surface area (Å²) >= 11 is 0. The van der Waals surface area contributed by atoms with E-state index in [1.807, 2.05) is 75.4 Å². The van der Waals surface area contributed by atoms with Gasteiger partial charge in [0.2, 0.25) is 5.44 Å². The third kappa shape index (κ3) is 5.38. The Kier molecular flexibility index (Phi) is 6.76. The predicted octanol–water partition coefficient (Wildman–Crippen LogP) is 5.15. The first-order chi connectivity index (χ1) is 15.6. The van der Waals surface area contributed by atoms with Gasteiger partial charge in [-0.2, -0.15) is 0 Å². The molecule has 180 valence electrons. The normalized spacial score (nSPS) is 21.7. The maximum absolute atomic E-state index is 12.3. The molecular formula is C24H33N3O5S. The molecule has 1 saturated heterocycles. The van der Waals surface area contributed by atoms with E-state index in [4.69, 9.17) is 9.47 Å². The van der Waals surface area contributed by atoms with E-state index in [2.05, 4.69) is 4.90 Å². The highest BCUT2D eigenvalue weighted by Crippen LogP contribution is 2.61. The Bertz CT molecular complexity index is 958. The molecule has 4 rings (SSSR count). The van der Waals surface area contributed by atoms with Crippen LogP contribution in [0.2, 0.25) is 0 Å². The number of nitrogens with zero attached hydrogens (tertiary/aromatic N) is 3. The number of ether oxygens (including phenoxy) is 2. The fraction of sp³-hybridized carbons (Fsp3) is 0.458. The van der Waals surface area contributed by atoms with E-state index < -0.39 is 21.8 Å². The minimum absolute atomic E-state index is 0.290. The van der Waals surface area contributed by atoms with E-state index in [9.17, 15) is 13.9 Å². The standard InChI is InChI=1S/C24H33N3O5S/c1-24(2,3)32-23(28)26-17-15-25(16-18-26)14-13-22-31-21-12-8-7-11-20(21)27(33(22,29)30)19-9-5-4-6-10-19/h4-12,22,29-30H,13-18H2,1-3H3. The van der Waals surface area contributed by atoms with Crippen LogP contribution >= 0.6 is 10.8 Å². The van der Waals surface area contributed by atoms with Crippen molar-refractivity contribution in [1.82, 2.24) is 9.80 Å². The van der Waals surface area contributed by atoms with E-state index in [1.165, 1.54) is 0 Å². The zero-order valence-corrected chi connectivity index (χ0v) is 20.2. The molecule has 2 aliphatic heterocycles. The zero-order chi connectivity index (χ0) is 23.6. The van der Waals surface area contributed by atoms with Crippen LogP contribution in [0.3, 0.4) is 0 Å². The number of fused-ring (bicyclic) bond motifs is 1. The lowest BCUT2D eigenvalue weighted by Gasteiger charge is -2.52. The number of rotatable bonds is 4. The molecule has 8 nitrogen and oxygen atoms in total. The summed E-state index contributed by atoms with van der Waals surface area (Å²) < 4.78 is 35.8. The lowest BCUT2D eigenvalue weighted by atomic mass is 10.2. The van der Waals surface area contributed by atoms with Crippen LogP contribution in [-0.4, -0.2) is 68.8 Å². The molecule has 1 fully saturated rings. The number of amides is 1. The molecule has 2 heterocycles. The van der Waals surface area contributed by atoms with E-state index in [0.717, 1.165) is 0 Å². The lowest BCUT2D eigenvalue weighted by Crippen LogP contribution is -2.51. The summed E-state index contributed by atoms with van der Waals surface area (Å²) in [5.41, 5.74) is 0.0774. The second kappa shape index (κ2) is 9.42. The Balaban J connectivity index is 1.41. The van der Waals surface area contributed by atoms with E-state index in [-0.39, 0.29) is 6.09 Å². The number of carbonyl (C=O) groups excluding carboxylic acids is 1. The number of carbonyl (C=O) groups is 1. The molecule has 2 aromatic rings. The Morgan fingerprint density at radius 1 is 1.03 bits per heavy atom. The van der Waals surface area contributed by atoms with Crippen LogP contribution in [0, 0.1) is 0 Å². The van der Waals surface area contributed by atoms with Crippen molar-refractivity contribution in [3.05, 3.63) is 54.6 Å². The molecule has 0 spiro atoms. The summed E-state index contributed by atoms with van der Waals surface area (Å²) in [6.07, 6.45) is 0.161. The lowest BCUT2D eigenvalue weighted by molar-refractivity contribution is 0.0140. The number of anilines is 2. The molecule has 0 radical (unpaired) electrons. The molecule has 33 heavy (non-hydrogen) atoms. The number of hydrogen-bond donors (Lipinski definition) is 2. The summed E-state index contributed by atoms with van der Waals surface area (Å²) in [4.78, 5) is 16.2. The molecule has 2 aliphatic rings. The summed E-state index contributed by atoms with van der Waals surface area (Å²) in [7, 11) is -3.28. The van der Waals surface area contributed by atoms with E-state index in [1.54, 1.807) is 9.21 Å². The third-order valence-corrected chi connectivity index (χ3v) is 7.64. The van der Waals surface area contributed by atoms with Crippen LogP contribution in [0.1, 0.15) is 27.2 Å². The highest BCUT2D eigenvalue weighted by molar-refractivity contribution is 8.26. The molecular weight excluding hydrogens is 442 g/mol. The smallest absolute Gasteiger partial charge is 0.410 e. The largest absolute Gasteiger partial charge is 0.466 e. The first-order valence-electron chi connectivity index (χ1n) is 11.2. The van der Waals surface area contributed by atoms with Crippen LogP contribution in [0.25, 0.3) is 0 Å². The van der Waals surface area contributed by atoms with Gasteiger partial charge in [0.05, 0.1) is 5.69 Å². The average Bonchev–Trinajstić information content (AvgIpc) is 2.77. The highest BCUT2D eigenvalue weighted by atomic mass is 32.3. The molecule has 9 heteroatoms. The van der Waals surface area contributed by atoms with Crippen molar-refractivity contribution in [2.45, 2.75) is 38.2 Å². The maximum atomic E-state index is 12.3. The Morgan fingerprint density at radius 2 is 1.67 bits per heavy atom. The summed E-state index contributed by atoms with van der Waals surface area (Å²) in [5, 5.41) is 0. The minimum atomic E-state index is -3.28. The molecule has 1 amide bonds. The molecule has 1 unspecified atom stereocenters. The topological polar surface area (TPSA) is 85.7 Å². The van der Waals surface area contributed by atoms with Crippen molar-refractivity contribution in [3.8, 4) is 5.75 Å². The van der Waals surface area contributed by atoms with Crippen LogP contribution in [0.15, 0.2) is 54.6 Å². The molecule has 0 aliphatic carbocycles. The van der Waals surface area contributed by atoms with Gasteiger partial charge in [0.15, 0.2) is 0 Å². The van der Waals surface area contributed by atoms with Crippen molar-refractivity contribution < 1.29 is 23.4 Å². The SMILES string of the molecule is CC(C)(C)OC(=O)N1CCN(CCC2Oc3ccccc3N(c3ccccc3)S2(O)O)CC1. The number of piperazine rings is 1. The first kappa shape index (κ1) is 23.7. The summed E-state index contributed by atoms with van der Waals surface area (Å²) in [6.45, 7) is 8.77. The van der Waals surface area contributed by atoms with Gasteiger partial charge in [-0.05, 0) is 45.0 Å². The maximum Gasteiger partial charge on any atom is 0.410 e. The predicted molar refractivity (Wildman–Crippen MR) is 131 cm³/mol.